The minimum atomic E-state index is -0.589. The summed E-state index contributed by atoms with van der Waals surface area (Å²) in [6.45, 7) is 0.399. The average molecular weight is 247 g/mol. The van der Waals surface area contributed by atoms with Gasteiger partial charge >= 0.3 is 0 Å². The number of pyridine rings is 1. The summed E-state index contributed by atoms with van der Waals surface area (Å²) in [6, 6.07) is 1.50. The molecule has 0 aliphatic heterocycles. The molecular weight excluding hydrogens is 234 g/mol. The molecular formula is C10H13N7O. The molecule has 0 atom stereocenters. The van der Waals surface area contributed by atoms with Gasteiger partial charge in [0.1, 0.15) is 12.1 Å². The van der Waals surface area contributed by atoms with Crippen LogP contribution < -0.4 is 16.8 Å². The summed E-state index contributed by atoms with van der Waals surface area (Å²) in [5.74, 6) is 0.524. The molecule has 1 amide bonds. The molecule has 0 fully saturated rings. The summed E-state index contributed by atoms with van der Waals surface area (Å²) < 4.78 is 1.60. The van der Waals surface area contributed by atoms with Crippen molar-refractivity contribution < 1.29 is 4.79 Å². The number of hydrogen-bond acceptors (Lipinski definition) is 6. The van der Waals surface area contributed by atoms with Crippen LogP contribution in [0, 0.1) is 0 Å². The molecule has 18 heavy (non-hydrogen) atoms. The maximum atomic E-state index is 11.1. The van der Waals surface area contributed by atoms with Crippen molar-refractivity contribution in [2.75, 3.05) is 11.1 Å². The standard InChI is InChI=1S/C10H13N7O/c1-17-5-15-9(16-17)4-14-8-2-6(10(12)18)7(11)3-13-8/h2-3,5H,4,11H2,1H3,(H2,12,18)(H,13,14). The molecule has 0 saturated heterocycles. The van der Waals surface area contributed by atoms with Gasteiger partial charge in [-0.05, 0) is 6.07 Å². The molecule has 94 valence electrons. The Balaban J connectivity index is 2.10. The van der Waals surface area contributed by atoms with Gasteiger partial charge in [-0.15, -0.1) is 0 Å². The molecule has 0 aromatic carbocycles. The zero-order chi connectivity index (χ0) is 13.1. The number of nitrogens with two attached hydrogens (primary N) is 2. The van der Waals surface area contributed by atoms with Crippen LogP contribution in [0.15, 0.2) is 18.6 Å². The van der Waals surface area contributed by atoms with E-state index >= 15 is 0 Å². The second-order valence-corrected chi connectivity index (χ2v) is 3.71. The van der Waals surface area contributed by atoms with Crippen molar-refractivity contribution in [3.63, 3.8) is 0 Å². The lowest BCUT2D eigenvalue weighted by molar-refractivity contribution is 0.100. The topological polar surface area (TPSA) is 125 Å². The Hall–Kier alpha value is -2.64. The summed E-state index contributed by atoms with van der Waals surface area (Å²) in [5.41, 5.74) is 11.3. The molecule has 0 radical (unpaired) electrons. The third kappa shape index (κ3) is 2.54. The Bertz CT molecular complexity index is 577. The Kier molecular flexibility index (Phi) is 3.09. The fraction of sp³-hybridized carbons (Fsp3) is 0.200. The zero-order valence-electron chi connectivity index (χ0n) is 9.79. The van der Waals surface area contributed by atoms with Crippen LogP contribution in [0.5, 0.6) is 0 Å². The van der Waals surface area contributed by atoms with Crippen molar-refractivity contribution in [3.05, 3.63) is 30.0 Å². The molecule has 0 aliphatic rings. The number of hydrogen-bond donors (Lipinski definition) is 3. The SMILES string of the molecule is Cn1cnc(CNc2cc(C(N)=O)c(N)cn2)n1. The van der Waals surface area contributed by atoms with Crippen molar-refractivity contribution in [2.24, 2.45) is 12.8 Å². The molecule has 2 aromatic rings. The quantitative estimate of drug-likeness (QED) is 0.669. The second kappa shape index (κ2) is 4.70. The highest BCUT2D eigenvalue weighted by Gasteiger charge is 2.08. The minimum Gasteiger partial charge on any atom is -0.397 e. The Morgan fingerprint density at radius 1 is 1.50 bits per heavy atom. The van der Waals surface area contributed by atoms with Crippen LogP contribution >= 0.6 is 0 Å². The van der Waals surface area contributed by atoms with Gasteiger partial charge in [0.25, 0.3) is 5.91 Å². The number of primary amides is 1. The van der Waals surface area contributed by atoms with E-state index in [4.69, 9.17) is 11.5 Å². The lowest BCUT2D eigenvalue weighted by Gasteiger charge is -2.06. The minimum absolute atomic E-state index is 0.237. The molecule has 0 bridgehead atoms. The predicted octanol–water partition coefficient (Wildman–Crippen LogP) is -0.497. The Morgan fingerprint density at radius 3 is 2.89 bits per heavy atom. The third-order valence-electron chi connectivity index (χ3n) is 2.27. The van der Waals surface area contributed by atoms with E-state index in [0.717, 1.165) is 0 Å². The first-order chi connectivity index (χ1) is 8.56. The highest BCUT2D eigenvalue weighted by atomic mass is 16.1. The first-order valence-corrected chi connectivity index (χ1v) is 5.20. The van der Waals surface area contributed by atoms with Gasteiger partial charge < -0.3 is 16.8 Å². The maximum Gasteiger partial charge on any atom is 0.250 e. The first-order valence-electron chi connectivity index (χ1n) is 5.20. The number of aromatic nitrogens is 4. The molecule has 0 saturated carbocycles. The van der Waals surface area contributed by atoms with E-state index in [9.17, 15) is 4.79 Å². The number of rotatable bonds is 4. The lowest BCUT2D eigenvalue weighted by Crippen LogP contribution is -2.15. The van der Waals surface area contributed by atoms with Crippen molar-refractivity contribution in [2.45, 2.75) is 6.54 Å². The number of carbonyl (C=O) groups excluding carboxylic acids is 1. The van der Waals surface area contributed by atoms with E-state index in [1.165, 1.54) is 12.3 Å². The number of carbonyl (C=O) groups is 1. The molecule has 2 aromatic heterocycles. The van der Waals surface area contributed by atoms with Crippen LogP contribution in [0.3, 0.4) is 0 Å². The summed E-state index contributed by atoms with van der Waals surface area (Å²) in [4.78, 5) is 19.2. The summed E-state index contributed by atoms with van der Waals surface area (Å²) in [5, 5.41) is 7.08. The van der Waals surface area contributed by atoms with Crippen molar-refractivity contribution >= 4 is 17.4 Å². The van der Waals surface area contributed by atoms with Crippen LogP contribution in [0.25, 0.3) is 0 Å². The molecule has 8 nitrogen and oxygen atoms in total. The third-order valence-corrected chi connectivity index (χ3v) is 2.27. The Morgan fingerprint density at radius 2 is 2.28 bits per heavy atom. The molecule has 0 aliphatic carbocycles. The van der Waals surface area contributed by atoms with E-state index in [1.807, 2.05) is 0 Å². The summed E-state index contributed by atoms with van der Waals surface area (Å²) in [7, 11) is 1.78. The van der Waals surface area contributed by atoms with Gasteiger partial charge in [-0.25, -0.2) is 9.97 Å². The molecule has 0 unspecified atom stereocenters. The summed E-state index contributed by atoms with van der Waals surface area (Å²) >= 11 is 0. The van der Waals surface area contributed by atoms with E-state index in [1.54, 1.807) is 18.1 Å². The molecule has 2 rings (SSSR count). The van der Waals surface area contributed by atoms with Crippen LogP contribution in [0.2, 0.25) is 0 Å². The Labute approximate surface area is 103 Å². The number of nitrogens with one attached hydrogen (secondary N) is 1. The van der Waals surface area contributed by atoms with Gasteiger partial charge in [0.2, 0.25) is 0 Å². The van der Waals surface area contributed by atoms with Crippen LogP contribution in [-0.2, 0) is 13.6 Å². The first kappa shape index (κ1) is 11.8. The van der Waals surface area contributed by atoms with E-state index in [-0.39, 0.29) is 11.3 Å². The van der Waals surface area contributed by atoms with Gasteiger partial charge in [-0.2, -0.15) is 5.10 Å². The highest BCUT2D eigenvalue weighted by molar-refractivity contribution is 5.98. The number of nitrogen functional groups attached to an aromatic ring is 1. The average Bonchev–Trinajstić information content (AvgIpc) is 2.74. The van der Waals surface area contributed by atoms with Gasteiger partial charge in [0.15, 0.2) is 5.82 Å². The largest absolute Gasteiger partial charge is 0.397 e. The van der Waals surface area contributed by atoms with Crippen LogP contribution in [-0.4, -0.2) is 25.7 Å². The van der Waals surface area contributed by atoms with Crippen molar-refractivity contribution in [1.82, 2.24) is 19.7 Å². The second-order valence-electron chi connectivity index (χ2n) is 3.71. The normalized spacial score (nSPS) is 10.3. The number of nitrogens with zero attached hydrogens (tertiary/aromatic N) is 4. The van der Waals surface area contributed by atoms with Crippen LogP contribution in [0.4, 0.5) is 11.5 Å². The monoisotopic (exact) mass is 247 g/mol. The van der Waals surface area contributed by atoms with Crippen molar-refractivity contribution in [3.8, 4) is 0 Å². The van der Waals surface area contributed by atoms with E-state index in [0.29, 0.717) is 18.2 Å². The maximum absolute atomic E-state index is 11.1. The van der Waals surface area contributed by atoms with E-state index in [2.05, 4.69) is 20.4 Å². The van der Waals surface area contributed by atoms with Gasteiger partial charge in [-0.1, -0.05) is 0 Å². The number of aryl methyl sites for hydroxylation is 1. The van der Waals surface area contributed by atoms with Gasteiger partial charge in [0.05, 0.1) is 24.0 Å². The van der Waals surface area contributed by atoms with Gasteiger partial charge in [-0.3, -0.25) is 9.48 Å². The van der Waals surface area contributed by atoms with Gasteiger partial charge in [0, 0.05) is 7.05 Å². The fourth-order valence-electron chi connectivity index (χ4n) is 1.41. The molecule has 0 spiro atoms. The molecule has 5 N–H and O–H groups in total. The molecule has 8 heteroatoms. The predicted molar refractivity (Wildman–Crippen MR) is 65.5 cm³/mol. The smallest absolute Gasteiger partial charge is 0.250 e. The molecule has 2 heterocycles. The highest BCUT2D eigenvalue weighted by Crippen LogP contribution is 2.14. The lowest BCUT2D eigenvalue weighted by atomic mass is 10.2. The zero-order valence-corrected chi connectivity index (χ0v) is 9.79. The summed E-state index contributed by atoms with van der Waals surface area (Å²) in [6.07, 6.45) is 2.98. The van der Waals surface area contributed by atoms with E-state index < -0.39 is 5.91 Å². The van der Waals surface area contributed by atoms with Crippen molar-refractivity contribution in [1.29, 1.82) is 0 Å². The number of amides is 1. The fourth-order valence-corrected chi connectivity index (χ4v) is 1.41. The van der Waals surface area contributed by atoms with Crippen LogP contribution in [0.1, 0.15) is 16.2 Å². The number of anilines is 2.